The Hall–Kier alpha value is -1.60. The minimum Gasteiger partial charge on any atom is -0.354 e. The maximum atomic E-state index is 12.2. The predicted octanol–water partition coefficient (Wildman–Crippen LogP) is 2.56. The molecule has 2 aliphatic rings. The molecule has 1 aromatic rings. The smallest absolute Gasteiger partial charge is 0.293 e. The lowest BCUT2D eigenvalue weighted by atomic mass is 10.3. The number of nitrogens with zero attached hydrogens (tertiary/aromatic N) is 1. The molecule has 2 unspecified atom stereocenters. The summed E-state index contributed by atoms with van der Waals surface area (Å²) >= 11 is 2.47. The van der Waals surface area contributed by atoms with Gasteiger partial charge in [-0.05, 0) is 41.6 Å². The van der Waals surface area contributed by atoms with E-state index in [1.807, 2.05) is 24.4 Å². The lowest BCUT2D eigenvalue weighted by molar-refractivity contribution is -0.125. The standard InChI is InChI=1S/C15H16N2O3S2/c1-9-7-11(9)13(18)16-4-5-17-14(19)12(22-15(17)20)8-10-3-2-6-21-10/h2-3,6,8-9,11H,4-5,7H2,1H3,(H,16,18)/b12-8+. The molecule has 3 amide bonds. The van der Waals surface area contributed by atoms with Crippen LogP contribution in [0, 0.1) is 11.8 Å². The molecule has 1 N–H and O–H groups in total. The third-order valence-corrected chi connectivity index (χ3v) is 5.50. The highest BCUT2D eigenvalue weighted by Crippen LogP contribution is 2.37. The van der Waals surface area contributed by atoms with E-state index in [0.717, 1.165) is 23.1 Å². The van der Waals surface area contributed by atoms with Crippen LogP contribution in [0.3, 0.4) is 0 Å². The van der Waals surface area contributed by atoms with Crippen LogP contribution < -0.4 is 5.32 Å². The fourth-order valence-electron chi connectivity index (χ4n) is 2.30. The summed E-state index contributed by atoms with van der Waals surface area (Å²) in [6.07, 6.45) is 2.66. The lowest BCUT2D eigenvalue weighted by Crippen LogP contribution is -2.37. The van der Waals surface area contributed by atoms with Gasteiger partial charge in [-0.3, -0.25) is 19.3 Å². The van der Waals surface area contributed by atoms with Crippen molar-refractivity contribution in [2.24, 2.45) is 11.8 Å². The average molecular weight is 336 g/mol. The summed E-state index contributed by atoms with van der Waals surface area (Å²) in [6, 6.07) is 3.80. The minimum atomic E-state index is -0.280. The Bertz CT molecular complexity index is 639. The van der Waals surface area contributed by atoms with Gasteiger partial charge >= 0.3 is 0 Å². The van der Waals surface area contributed by atoms with Crippen LogP contribution in [0.25, 0.3) is 6.08 Å². The molecule has 1 saturated carbocycles. The van der Waals surface area contributed by atoms with Crippen LogP contribution in [0.2, 0.25) is 0 Å². The molecule has 3 rings (SSSR count). The second kappa shape index (κ2) is 6.26. The van der Waals surface area contributed by atoms with Crippen molar-refractivity contribution >= 4 is 46.2 Å². The summed E-state index contributed by atoms with van der Waals surface area (Å²) in [5.74, 6) is 0.297. The fourth-order valence-corrected chi connectivity index (χ4v) is 3.89. The van der Waals surface area contributed by atoms with Crippen LogP contribution in [0.5, 0.6) is 0 Å². The number of hydrogen-bond donors (Lipinski definition) is 1. The van der Waals surface area contributed by atoms with E-state index in [-0.39, 0.29) is 29.5 Å². The zero-order valence-electron chi connectivity index (χ0n) is 12.1. The normalized spacial score (nSPS) is 25.9. The van der Waals surface area contributed by atoms with E-state index in [1.165, 1.54) is 16.2 Å². The highest BCUT2D eigenvalue weighted by Gasteiger charge is 2.39. The zero-order chi connectivity index (χ0) is 15.7. The Balaban J connectivity index is 1.54. The summed E-state index contributed by atoms with van der Waals surface area (Å²) in [5, 5.41) is 4.44. The quantitative estimate of drug-likeness (QED) is 0.839. The molecule has 0 aromatic carbocycles. The van der Waals surface area contributed by atoms with Crippen molar-refractivity contribution in [3.63, 3.8) is 0 Å². The van der Waals surface area contributed by atoms with Crippen LogP contribution in [0.1, 0.15) is 18.2 Å². The van der Waals surface area contributed by atoms with E-state index in [2.05, 4.69) is 5.32 Å². The van der Waals surface area contributed by atoms with Crippen LogP contribution in [0.4, 0.5) is 4.79 Å². The SMILES string of the molecule is CC1CC1C(=O)NCCN1C(=O)S/C(=C/c2cccs2)C1=O. The van der Waals surface area contributed by atoms with Gasteiger partial charge in [0, 0.05) is 23.9 Å². The van der Waals surface area contributed by atoms with Gasteiger partial charge in [-0.25, -0.2) is 0 Å². The van der Waals surface area contributed by atoms with Crippen LogP contribution >= 0.6 is 23.1 Å². The second-order valence-corrected chi connectivity index (χ2v) is 7.43. The van der Waals surface area contributed by atoms with E-state index in [1.54, 1.807) is 6.08 Å². The first kappa shape index (κ1) is 15.3. The van der Waals surface area contributed by atoms with Crippen LogP contribution in [0.15, 0.2) is 22.4 Å². The van der Waals surface area contributed by atoms with Crippen molar-refractivity contribution in [3.05, 3.63) is 27.3 Å². The van der Waals surface area contributed by atoms with Gasteiger partial charge < -0.3 is 5.32 Å². The summed E-state index contributed by atoms with van der Waals surface area (Å²) in [5.41, 5.74) is 0. The Morgan fingerprint density at radius 1 is 1.50 bits per heavy atom. The van der Waals surface area contributed by atoms with Gasteiger partial charge in [-0.2, -0.15) is 0 Å². The number of carbonyl (C=O) groups is 3. The highest BCUT2D eigenvalue weighted by atomic mass is 32.2. The number of thiophene rings is 1. The molecule has 1 aromatic heterocycles. The van der Waals surface area contributed by atoms with E-state index in [4.69, 9.17) is 0 Å². The van der Waals surface area contributed by atoms with Gasteiger partial charge in [0.05, 0.1) is 4.91 Å². The number of thioether (sulfide) groups is 1. The largest absolute Gasteiger partial charge is 0.354 e. The van der Waals surface area contributed by atoms with Crippen molar-refractivity contribution in [2.45, 2.75) is 13.3 Å². The second-order valence-electron chi connectivity index (χ2n) is 5.46. The van der Waals surface area contributed by atoms with Gasteiger partial charge in [-0.1, -0.05) is 13.0 Å². The zero-order valence-corrected chi connectivity index (χ0v) is 13.7. The number of hydrogen-bond acceptors (Lipinski definition) is 5. The molecule has 22 heavy (non-hydrogen) atoms. The molecule has 2 heterocycles. The molecule has 0 radical (unpaired) electrons. The summed E-state index contributed by atoms with van der Waals surface area (Å²) in [7, 11) is 0. The van der Waals surface area contributed by atoms with Gasteiger partial charge in [0.1, 0.15) is 0 Å². The predicted molar refractivity (Wildman–Crippen MR) is 87.3 cm³/mol. The summed E-state index contributed by atoms with van der Waals surface area (Å²) in [6.45, 7) is 2.57. The Labute approximate surface area is 136 Å². The molecule has 1 aliphatic heterocycles. The van der Waals surface area contributed by atoms with E-state index < -0.39 is 0 Å². The number of carbonyl (C=O) groups excluding carboxylic acids is 3. The van der Waals surface area contributed by atoms with Crippen molar-refractivity contribution in [1.29, 1.82) is 0 Å². The fraction of sp³-hybridized carbons (Fsp3) is 0.400. The first-order chi connectivity index (χ1) is 10.6. The minimum absolute atomic E-state index is 0.0219. The molecule has 5 nitrogen and oxygen atoms in total. The molecule has 0 spiro atoms. The maximum Gasteiger partial charge on any atom is 0.293 e. The molecule has 2 fully saturated rings. The average Bonchev–Trinajstić information content (AvgIpc) is 2.90. The Kier molecular flexibility index (Phi) is 4.35. The summed E-state index contributed by atoms with van der Waals surface area (Å²) < 4.78 is 0. The Morgan fingerprint density at radius 3 is 2.91 bits per heavy atom. The highest BCUT2D eigenvalue weighted by molar-refractivity contribution is 8.18. The van der Waals surface area contributed by atoms with E-state index >= 15 is 0 Å². The van der Waals surface area contributed by atoms with Crippen molar-refractivity contribution in [1.82, 2.24) is 10.2 Å². The molecular weight excluding hydrogens is 320 g/mol. The monoisotopic (exact) mass is 336 g/mol. The number of rotatable bonds is 5. The Morgan fingerprint density at radius 2 is 2.27 bits per heavy atom. The van der Waals surface area contributed by atoms with Gasteiger partial charge in [0.25, 0.3) is 11.1 Å². The first-order valence-electron chi connectivity index (χ1n) is 7.13. The van der Waals surface area contributed by atoms with Crippen LogP contribution in [-0.4, -0.2) is 35.0 Å². The van der Waals surface area contributed by atoms with E-state index in [0.29, 0.717) is 17.4 Å². The third-order valence-electron chi connectivity index (χ3n) is 3.77. The maximum absolute atomic E-state index is 12.2. The van der Waals surface area contributed by atoms with Crippen molar-refractivity contribution < 1.29 is 14.4 Å². The molecule has 2 atom stereocenters. The molecule has 116 valence electrons. The number of amides is 3. The molecule has 1 aliphatic carbocycles. The van der Waals surface area contributed by atoms with Crippen molar-refractivity contribution in [3.8, 4) is 0 Å². The molecule has 0 bridgehead atoms. The van der Waals surface area contributed by atoms with Crippen molar-refractivity contribution in [2.75, 3.05) is 13.1 Å². The summed E-state index contributed by atoms with van der Waals surface area (Å²) in [4.78, 5) is 38.4. The lowest BCUT2D eigenvalue weighted by Gasteiger charge is -2.12. The third kappa shape index (κ3) is 3.25. The molecule has 7 heteroatoms. The van der Waals surface area contributed by atoms with Crippen LogP contribution in [-0.2, 0) is 9.59 Å². The van der Waals surface area contributed by atoms with E-state index in [9.17, 15) is 14.4 Å². The first-order valence-corrected chi connectivity index (χ1v) is 8.82. The molecule has 1 saturated heterocycles. The number of imide groups is 1. The number of nitrogens with one attached hydrogen (secondary N) is 1. The topological polar surface area (TPSA) is 66.5 Å². The van der Waals surface area contributed by atoms with Gasteiger partial charge in [0.2, 0.25) is 5.91 Å². The van der Waals surface area contributed by atoms with Gasteiger partial charge in [0.15, 0.2) is 0 Å². The molecular formula is C15H16N2O3S2. The van der Waals surface area contributed by atoms with Gasteiger partial charge in [-0.15, -0.1) is 11.3 Å².